The number of guanidine groups is 1. The van der Waals surface area contributed by atoms with Crippen LogP contribution in [0.4, 0.5) is 0 Å². The number of ether oxygens (including phenoxy) is 1. The highest BCUT2D eigenvalue weighted by molar-refractivity contribution is 5.85. The third-order valence-electron chi connectivity index (χ3n) is 2.64. The normalized spacial score (nSPS) is 12.1. The number of aliphatic imine (C=N–C) groups is 1. The third kappa shape index (κ3) is 13.7. The van der Waals surface area contributed by atoms with E-state index in [0.717, 1.165) is 45.6 Å². The number of carbonyl (C=O) groups is 1. The van der Waals surface area contributed by atoms with Gasteiger partial charge in [0.1, 0.15) is 6.54 Å². The predicted molar refractivity (Wildman–Crippen MR) is 92.2 cm³/mol. The van der Waals surface area contributed by atoms with Gasteiger partial charge in [-0.2, -0.15) is 0 Å². The molecule has 0 heterocycles. The molecule has 0 aliphatic carbocycles. The van der Waals surface area contributed by atoms with E-state index in [1.54, 1.807) is 0 Å². The van der Waals surface area contributed by atoms with E-state index in [-0.39, 0.29) is 18.0 Å². The average Bonchev–Trinajstić information content (AvgIpc) is 2.41. The molecule has 1 amide bonds. The molecule has 0 aromatic rings. The zero-order chi connectivity index (χ0) is 16.8. The summed E-state index contributed by atoms with van der Waals surface area (Å²) in [5.41, 5.74) is -0.228. The second-order valence-electron chi connectivity index (χ2n) is 6.24. The fourth-order valence-electron chi connectivity index (χ4n) is 1.68. The first kappa shape index (κ1) is 20.7. The van der Waals surface area contributed by atoms with Crippen LogP contribution in [0.3, 0.4) is 0 Å². The van der Waals surface area contributed by atoms with Crippen LogP contribution in [0.5, 0.6) is 0 Å². The molecule has 0 aliphatic rings. The van der Waals surface area contributed by atoms with Gasteiger partial charge in [-0.05, 0) is 40.5 Å². The molecule has 0 saturated heterocycles. The molecule has 0 aliphatic heterocycles. The van der Waals surface area contributed by atoms with Crippen LogP contribution < -0.4 is 16.0 Å². The Hall–Kier alpha value is -1.30. The fourth-order valence-corrected chi connectivity index (χ4v) is 1.68. The van der Waals surface area contributed by atoms with E-state index in [2.05, 4.69) is 27.9 Å². The van der Waals surface area contributed by atoms with Crippen LogP contribution in [0.1, 0.15) is 53.9 Å². The predicted octanol–water partition coefficient (Wildman–Crippen LogP) is 1.66. The van der Waals surface area contributed by atoms with Crippen LogP contribution in [-0.4, -0.2) is 50.3 Å². The summed E-state index contributed by atoms with van der Waals surface area (Å²) in [6.07, 6.45) is 3.19. The lowest BCUT2D eigenvalue weighted by atomic mass is 10.1. The van der Waals surface area contributed by atoms with Crippen molar-refractivity contribution in [3.63, 3.8) is 0 Å². The Labute approximate surface area is 135 Å². The van der Waals surface area contributed by atoms with Crippen molar-refractivity contribution >= 4 is 11.9 Å². The Morgan fingerprint density at radius 2 is 1.77 bits per heavy atom. The summed E-state index contributed by atoms with van der Waals surface area (Å²) < 4.78 is 5.50. The maximum Gasteiger partial charge on any atom is 0.242 e. The first-order chi connectivity index (χ1) is 10.4. The van der Waals surface area contributed by atoms with Crippen LogP contribution >= 0.6 is 0 Å². The summed E-state index contributed by atoms with van der Waals surface area (Å²) in [5, 5.41) is 9.23. The number of hydrogen-bond donors (Lipinski definition) is 3. The lowest BCUT2D eigenvalue weighted by Crippen LogP contribution is -2.43. The van der Waals surface area contributed by atoms with Gasteiger partial charge < -0.3 is 20.7 Å². The zero-order valence-electron chi connectivity index (χ0n) is 14.9. The second kappa shape index (κ2) is 12.3. The number of carbonyl (C=O) groups excluding carboxylic acids is 1. The van der Waals surface area contributed by atoms with E-state index in [1.165, 1.54) is 0 Å². The van der Waals surface area contributed by atoms with Crippen molar-refractivity contribution in [2.75, 3.05) is 32.8 Å². The highest BCUT2D eigenvalue weighted by Crippen LogP contribution is 1.97. The van der Waals surface area contributed by atoms with E-state index >= 15 is 0 Å². The fraction of sp³-hybridized carbons (Fsp3) is 0.875. The minimum Gasteiger partial charge on any atom is -0.381 e. The molecule has 3 N–H and O–H groups in total. The van der Waals surface area contributed by atoms with Gasteiger partial charge in [-0.1, -0.05) is 13.3 Å². The van der Waals surface area contributed by atoms with Crippen LogP contribution in [-0.2, 0) is 9.53 Å². The first-order valence-corrected chi connectivity index (χ1v) is 8.30. The Bertz CT molecular complexity index is 325. The lowest BCUT2D eigenvalue weighted by molar-refractivity contribution is -0.121. The van der Waals surface area contributed by atoms with Crippen molar-refractivity contribution in [1.82, 2.24) is 16.0 Å². The van der Waals surface area contributed by atoms with Gasteiger partial charge in [0.05, 0.1) is 0 Å². The van der Waals surface area contributed by atoms with Gasteiger partial charge >= 0.3 is 0 Å². The van der Waals surface area contributed by atoms with E-state index in [4.69, 9.17) is 4.74 Å². The molecule has 0 rings (SSSR count). The van der Waals surface area contributed by atoms with Crippen molar-refractivity contribution in [3.8, 4) is 0 Å². The highest BCUT2D eigenvalue weighted by atomic mass is 16.5. The van der Waals surface area contributed by atoms with Crippen molar-refractivity contribution in [3.05, 3.63) is 0 Å². The van der Waals surface area contributed by atoms with Gasteiger partial charge in [0, 0.05) is 31.8 Å². The summed E-state index contributed by atoms with van der Waals surface area (Å²) in [4.78, 5) is 16.0. The molecule has 0 aromatic carbocycles. The van der Waals surface area contributed by atoms with Gasteiger partial charge in [0.2, 0.25) is 5.91 Å². The molecule has 22 heavy (non-hydrogen) atoms. The van der Waals surface area contributed by atoms with Crippen LogP contribution in [0.15, 0.2) is 4.99 Å². The zero-order valence-corrected chi connectivity index (χ0v) is 14.9. The number of unbranched alkanes of at least 4 members (excludes halogenated alkanes) is 1. The number of nitrogens with zero attached hydrogens (tertiary/aromatic N) is 1. The summed E-state index contributed by atoms with van der Waals surface area (Å²) in [5.74, 6) is 0.590. The van der Waals surface area contributed by atoms with Crippen LogP contribution in [0, 0.1) is 0 Å². The van der Waals surface area contributed by atoms with Crippen LogP contribution in [0.2, 0.25) is 0 Å². The van der Waals surface area contributed by atoms with Gasteiger partial charge in [0.15, 0.2) is 5.96 Å². The molecular formula is C16H34N4O2. The molecular weight excluding hydrogens is 280 g/mol. The van der Waals surface area contributed by atoms with Crippen molar-refractivity contribution in [1.29, 1.82) is 0 Å². The molecule has 0 spiro atoms. The summed E-state index contributed by atoms with van der Waals surface area (Å²) in [6.45, 7) is 13.3. The molecule has 0 unspecified atom stereocenters. The molecule has 0 fully saturated rings. The topological polar surface area (TPSA) is 74.8 Å². The van der Waals surface area contributed by atoms with Gasteiger partial charge in [-0.25, -0.2) is 4.99 Å². The van der Waals surface area contributed by atoms with Gasteiger partial charge in [-0.15, -0.1) is 0 Å². The number of amides is 1. The SMILES string of the molecule is CCCCOCCCNC(=NCC(=O)NC(C)(C)C)NCC. The Balaban J connectivity index is 3.98. The molecule has 0 atom stereocenters. The molecule has 0 radical (unpaired) electrons. The summed E-state index contributed by atoms with van der Waals surface area (Å²) in [6, 6.07) is 0. The summed E-state index contributed by atoms with van der Waals surface area (Å²) >= 11 is 0. The maximum atomic E-state index is 11.8. The quantitative estimate of drug-likeness (QED) is 0.326. The number of rotatable bonds is 10. The Morgan fingerprint density at radius 1 is 1.09 bits per heavy atom. The maximum absolute atomic E-state index is 11.8. The standard InChI is InChI=1S/C16H34N4O2/c1-6-8-11-22-12-9-10-18-15(17-7-2)19-13-14(21)20-16(3,4)5/h6-13H2,1-5H3,(H,20,21)(H2,17,18,19). The van der Waals surface area contributed by atoms with Crippen molar-refractivity contribution < 1.29 is 9.53 Å². The molecule has 0 bridgehead atoms. The largest absolute Gasteiger partial charge is 0.381 e. The van der Waals surface area contributed by atoms with E-state index in [0.29, 0.717) is 5.96 Å². The van der Waals surface area contributed by atoms with Crippen molar-refractivity contribution in [2.45, 2.75) is 59.4 Å². The number of nitrogens with one attached hydrogen (secondary N) is 3. The molecule has 130 valence electrons. The van der Waals surface area contributed by atoms with E-state index < -0.39 is 0 Å². The van der Waals surface area contributed by atoms with E-state index in [9.17, 15) is 4.79 Å². The summed E-state index contributed by atoms with van der Waals surface area (Å²) in [7, 11) is 0. The highest BCUT2D eigenvalue weighted by Gasteiger charge is 2.13. The van der Waals surface area contributed by atoms with Gasteiger partial charge in [-0.3, -0.25) is 4.79 Å². The Kier molecular flexibility index (Phi) is 11.5. The lowest BCUT2D eigenvalue weighted by Gasteiger charge is -2.20. The third-order valence-corrected chi connectivity index (χ3v) is 2.64. The molecule has 0 aromatic heterocycles. The minimum absolute atomic E-state index is 0.0763. The minimum atomic E-state index is -0.228. The van der Waals surface area contributed by atoms with Gasteiger partial charge in [0.25, 0.3) is 0 Å². The monoisotopic (exact) mass is 314 g/mol. The van der Waals surface area contributed by atoms with Crippen LogP contribution in [0.25, 0.3) is 0 Å². The first-order valence-electron chi connectivity index (χ1n) is 8.30. The van der Waals surface area contributed by atoms with E-state index in [1.807, 2.05) is 27.7 Å². The Morgan fingerprint density at radius 3 is 2.36 bits per heavy atom. The molecule has 6 heteroatoms. The average molecular weight is 314 g/mol. The molecule has 0 saturated carbocycles. The second-order valence-corrected chi connectivity index (χ2v) is 6.24. The van der Waals surface area contributed by atoms with Crippen molar-refractivity contribution in [2.24, 2.45) is 4.99 Å². The smallest absolute Gasteiger partial charge is 0.242 e. The number of hydrogen-bond acceptors (Lipinski definition) is 3. The molecule has 6 nitrogen and oxygen atoms in total.